The van der Waals surface area contributed by atoms with Gasteiger partial charge in [0.1, 0.15) is 0 Å². The Hall–Kier alpha value is -0.0800. The molecule has 1 fully saturated rings. The first-order valence-electron chi connectivity index (χ1n) is 3.92. The highest BCUT2D eigenvalue weighted by Gasteiger charge is 2.11. The molecule has 0 bridgehead atoms. The van der Waals surface area contributed by atoms with Crippen LogP contribution in [0, 0.1) is 7.05 Å². The summed E-state index contributed by atoms with van der Waals surface area (Å²) in [6.45, 7) is 1.92. The number of ether oxygens (including phenoxy) is 1. The minimum absolute atomic E-state index is 0.441. The Kier molecular flexibility index (Phi) is 3.16. The summed E-state index contributed by atoms with van der Waals surface area (Å²) in [7, 11) is 5.77. The second-order valence-corrected chi connectivity index (χ2v) is 3.03. The highest BCUT2D eigenvalue weighted by Crippen LogP contribution is 2.12. The monoisotopic (exact) mass is 142 g/mol. The molecule has 0 saturated carbocycles. The third kappa shape index (κ3) is 2.67. The predicted molar refractivity (Wildman–Crippen MR) is 41.6 cm³/mol. The molecule has 0 N–H and O–H groups in total. The Labute approximate surface area is 63.2 Å². The van der Waals surface area contributed by atoms with Crippen molar-refractivity contribution in [2.45, 2.75) is 25.4 Å². The van der Waals surface area contributed by atoms with Crippen molar-refractivity contribution in [2.75, 3.05) is 20.2 Å². The van der Waals surface area contributed by atoms with Gasteiger partial charge in [-0.2, -0.15) is 0 Å². The van der Waals surface area contributed by atoms with Crippen molar-refractivity contribution in [2.24, 2.45) is 0 Å². The van der Waals surface area contributed by atoms with E-state index in [9.17, 15) is 0 Å². The zero-order valence-electron chi connectivity index (χ0n) is 6.68. The van der Waals surface area contributed by atoms with Crippen molar-refractivity contribution in [1.82, 2.24) is 4.90 Å². The molecule has 0 aromatic heterocycles. The van der Waals surface area contributed by atoms with Gasteiger partial charge in [0.25, 0.3) is 0 Å². The fraction of sp³-hybridized carbons (Fsp3) is 0.875. The van der Waals surface area contributed by atoms with Crippen LogP contribution in [-0.2, 0) is 4.74 Å². The molecule has 0 aliphatic carbocycles. The van der Waals surface area contributed by atoms with Crippen LogP contribution in [0.5, 0.6) is 0 Å². The highest BCUT2D eigenvalue weighted by molar-refractivity contribution is 4.66. The van der Waals surface area contributed by atoms with Crippen LogP contribution in [0.4, 0.5) is 0 Å². The Morgan fingerprint density at radius 1 is 1.60 bits per heavy atom. The molecular weight excluding hydrogens is 126 g/mol. The first kappa shape index (κ1) is 8.02. The minimum Gasteiger partial charge on any atom is -0.460 e. The maximum Gasteiger partial charge on any atom is 0.0677 e. The maximum atomic E-state index is 5.51. The van der Waals surface area contributed by atoms with E-state index < -0.39 is 0 Å². The smallest absolute Gasteiger partial charge is 0.0677 e. The summed E-state index contributed by atoms with van der Waals surface area (Å²) < 4.78 is 5.51. The molecule has 1 saturated heterocycles. The van der Waals surface area contributed by atoms with Crippen LogP contribution in [0.15, 0.2) is 0 Å². The van der Waals surface area contributed by atoms with Crippen molar-refractivity contribution >= 4 is 0 Å². The lowest BCUT2D eigenvalue weighted by Crippen LogP contribution is -2.29. The molecule has 1 rings (SSSR count). The zero-order valence-corrected chi connectivity index (χ0v) is 6.68. The van der Waals surface area contributed by atoms with E-state index in [1.807, 2.05) is 11.9 Å². The number of likely N-dealkylation sites (N-methyl/N-ethyl adjacent to an activating group) is 1. The fourth-order valence-electron chi connectivity index (χ4n) is 1.30. The average molecular weight is 142 g/mol. The molecule has 10 heavy (non-hydrogen) atoms. The van der Waals surface area contributed by atoms with Gasteiger partial charge in [0.05, 0.1) is 6.10 Å². The van der Waals surface area contributed by atoms with Crippen molar-refractivity contribution in [3.05, 3.63) is 7.05 Å². The largest absolute Gasteiger partial charge is 0.460 e. The normalized spacial score (nSPS) is 27.3. The van der Waals surface area contributed by atoms with E-state index in [-0.39, 0.29) is 0 Å². The summed E-state index contributed by atoms with van der Waals surface area (Å²) >= 11 is 0. The van der Waals surface area contributed by atoms with E-state index in [4.69, 9.17) is 4.74 Å². The Bertz CT molecular complexity index is 87.3. The van der Waals surface area contributed by atoms with Crippen LogP contribution in [0.2, 0.25) is 0 Å². The Balaban J connectivity index is 2.13. The Morgan fingerprint density at radius 2 is 2.40 bits per heavy atom. The zero-order chi connectivity index (χ0) is 7.40. The van der Waals surface area contributed by atoms with E-state index in [0.717, 1.165) is 13.2 Å². The highest BCUT2D eigenvalue weighted by atomic mass is 16.5. The average Bonchev–Trinajstić information content (AvgIpc) is 1.88. The molecule has 1 aliphatic rings. The van der Waals surface area contributed by atoms with Gasteiger partial charge in [0.15, 0.2) is 0 Å². The van der Waals surface area contributed by atoms with E-state index in [2.05, 4.69) is 7.05 Å². The van der Waals surface area contributed by atoms with Gasteiger partial charge in [-0.05, 0) is 32.9 Å². The van der Waals surface area contributed by atoms with Crippen LogP contribution < -0.4 is 0 Å². The van der Waals surface area contributed by atoms with E-state index in [0.29, 0.717) is 6.10 Å². The van der Waals surface area contributed by atoms with Crippen molar-refractivity contribution < 1.29 is 4.74 Å². The first-order chi connectivity index (χ1) is 4.79. The van der Waals surface area contributed by atoms with Gasteiger partial charge < -0.3 is 9.64 Å². The maximum absolute atomic E-state index is 5.51. The molecule has 60 valence electrons. The van der Waals surface area contributed by atoms with Gasteiger partial charge in [0, 0.05) is 6.61 Å². The molecule has 1 heterocycles. The summed E-state index contributed by atoms with van der Waals surface area (Å²) in [5, 5.41) is 0. The molecule has 0 radical (unpaired) electrons. The fourth-order valence-corrected chi connectivity index (χ4v) is 1.30. The van der Waals surface area contributed by atoms with E-state index >= 15 is 0 Å². The lowest BCUT2D eigenvalue weighted by Gasteiger charge is -2.28. The van der Waals surface area contributed by atoms with Gasteiger partial charge in [-0.3, -0.25) is 7.05 Å². The van der Waals surface area contributed by atoms with Gasteiger partial charge in [-0.1, -0.05) is 0 Å². The quantitative estimate of drug-likeness (QED) is 0.538. The summed E-state index contributed by atoms with van der Waals surface area (Å²) in [4.78, 5) is 1.94. The van der Waals surface area contributed by atoms with Gasteiger partial charge >= 0.3 is 0 Å². The molecule has 2 heteroatoms. The molecule has 1 aliphatic heterocycles. The summed E-state index contributed by atoms with van der Waals surface area (Å²) in [6, 6.07) is 0. The molecule has 0 amide bonds. The lowest BCUT2D eigenvalue weighted by atomic mass is 10.1. The second-order valence-electron chi connectivity index (χ2n) is 3.03. The van der Waals surface area contributed by atoms with Crippen LogP contribution in [0.3, 0.4) is 0 Å². The number of rotatable bonds is 2. The standard InChI is InChI=1S/C8H16NO/c1-9(2)7-8-5-3-4-6-10-8/h8H,1,3-7H2,2H3/q-1. The summed E-state index contributed by atoms with van der Waals surface area (Å²) in [5.41, 5.74) is 0. The van der Waals surface area contributed by atoms with E-state index in [1.165, 1.54) is 19.3 Å². The van der Waals surface area contributed by atoms with E-state index in [1.54, 1.807) is 0 Å². The van der Waals surface area contributed by atoms with Gasteiger partial charge in [-0.25, -0.2) is 0 Å². The van der Waals surface area contributed by atoms with Crippen LogP contribution in [0.1, 0.15) is 19.3 Å². The van der Waals surface area contributed by atoms with Crippen molar-refractivity contribution in [1.29, 1.82) is 0 Å². The van der Waals surface area contributed by atoms with Crippen LogP contribution in [-0.4, -0.2) is 31.2 Å². The van der Waals surface area contributed by atoms with Crippen LogP contribution in [0.25, 0.3) is 0 Å². The molecule has 0 spiro atoms. The molecule has 0 aromatic carbocycles. The van der Waals surface area contributed by atoms with Gasteiger partial charge in [-0.15, -0.1) is 0 Å². The third-order valence-electron chi connectivity index (χ3n) is 1.79. The SMILES string of the molecule is [CH2-]N(C)CC1CCCCO1. The summed E-state index contributed by atoms with van der Waals surface area (Å²) in [6.07, 6.45) is 4.20. The van der Waals surface area contributed by atoms with Crippen molar-refractivity contribution in [3.8, 4) is 0 Å². The van der Waals surface area contributed by atoms with Gasteiger partial charge in [0.2, 0.25) is 0 Å². The number of hydrogen-bond donors (Lipinski definition) is 0. The molecule has 1 atom stereocenters. The molecular formula is C8H16NO-. The molecule has 0 aromatic rings. The summed E-state index contributed by atoms with van der Waals surface area (Å²) in [5.74, 6) is 0. The van der Waals surface area contributed by atoms with Crippen molar-refractivity contribution in [3.63, 3.8) is 0 Å². The predicted octanol–water partition coefficient (Wildman–Crippen LogP) is 1.28. The third-order valence-corrected chi connectivity index (χ3v) is 1.79. The lowest BCUT2D eigenvalue weighted by molar-refractivity contribution is 0.00438. The minimum atomic E-state index is 0.441. The topological polar surface area (TPSA) is 12.5 Å². The molecule has 2 nitrogen and oxygen atoms in total. The number of hydrogen-bond acceptors (Lipinski definition) is 2. The number of nitrogens with zero attached hydrogens (tertiary/aromatic N) is 1. The first-order valence-corrected chi connectivity index (χ1v) is 3.92. The van der Waals surface area contributed by atoms with Crippen LogP contribution >= 0.6 is 0 Å². The Morgan fingerprint density at radius 3 is 2.90 bits per heavy atom. The molecule has 1 unspecified atom stereocenters. The second kappa shape index (κ2) is 3.94.